The van der Waals surface area contributed by atoms with E-state index in [0.717, 1.165) is 27.9 Å². The van der Waals surface area contributed by atoms with Gasteiger partial charge in [0.2, 0.25) is 0 Å². The Morgan fingerprint density at radius 2 is 1.69 bits per heavy atom. The molecular formula is C22H18N2O2. The van der Waals surface area contributed by atoms with E-state index in [1.165, 1.54) is 0 Å². The predicted octanol–water partition coefficient (Wildman–Crippen LogP) is 4.71. The largest absolute Gasteiger partial charge is 0.497 e. The van der Waals surface area contributed by atoms with Crippen molar-refractivity contribution in [3.8, 4) is 17.1 Å². The summed E-state index contributed by atoms with van der Waals surface area (Å²) in [6.07, 6.45) is 0. The van der Waals surface area contributed by atoms with Crippen molar-refractivity contribution < 1.29 is 9.53 Å². The molecule has 3 aromatic carbocycles. The molecule has 0 atom stereocenters. The number of hydrogen-bond acceptors (Lipinski definition) is 3. The van der Waals surface area contributed by atoms with E-state index in [4.69, 9.17) is 9.72 Å². The lowest BCUT2D eigenvalue weighted by Crippen LogP contribution is -2.13. The highest BCUT2D eigenvalue weighted by Gasteiger charge is 2.19. The van der Waals surface area contributed by atoms with Crippen LogP contribution in [0.25, 0.3) is 22.4 Å². The first-order valence-corrected chi connectivity index (χ1v) is 8.40. The molecule has 4 rings (SSSR count). The zero-order valence-corrected chi connectivity index (χ0v) is 14.6. The summed E-state index contributed by atoms with van der Waals surface area (Å²) in [6, 6.07) is 22.8. The van der Waals surface area contributed by atoms with Gasteiger partial charge in [0.05, 0.1) is 18.1 Å². The maximum atomic E-state index is 13.2. The summed E-state index contributed by atoms with van der Waals surface area (Å²) in [7, 11) is 1.63. The first-order valence-electron chi connectivity index (χ1n) is 8.40. The predicted molar refractivity (Wildman–Crippen MR) is 103 cm³/mol. The fraction of sp³-hybridized carbons (Fsp3) is 0.0909. The summed E-state index contributed by atoms with van der Waals surface area (Å²) in [6.45, 7) is 2.01. The molecule has 0 N–H and O–H groups in total. The summed E-state index contributed by atoms with van der Waals surface area (Å²) in [4.78, 5) is 18.0. The Bertz CT molecular complexity index is 1080. The summed E-state index contributed by atoms with van der Waals surface area (Å²) < 4.78 is 6.93. The molecule has 0 bridgehead atoms. The number of fused-ring (bicyclic) bond motifs is 1. The van der Waals surface area contributed by atoms with E-state index >= 15 is 0 Å². The molecule has 0 fully saturated rings. The molecule has 4 heteroatoms. The lowest BCUT2D eigenvalue weighted by Gasteiger charge is -2.09. The van der Waals surface area contributed by atoms with Crippen molar-refractivity contribution in [2.24, 2.45) is 0 Å². The first kappa shape index (κ1) is 16.1. The molecule has 0 amide bonds. The van der Waals surface area contributed by atoms with Crippen molar-refractivity contribution in [2.75, 3.05) is 7.11 Å². The maximum Gasteiger partial charge on any atom is 0.264 e. The number of aromatic nitrogens is 2. The van der Waals surface area contributed by atoms with Gasteiger partial charge < -0.3 is 4.74 Å². The standard InChI is InChI=1S/C22H18N2O2/c1-15-8-13-19-20(14-15)24(22(25)17-6-4-3-5-7-17)21(23-19)16-9-11-18(26-2)12-10-16/h3-14H,1-2H3. The topological polar surface area (TPSA) is 44.1 Å². The fourth-order valence-electron chi connectivity index (χ4n) is 3.03. The Labute approximate surface area is 151 Å². The van der Waals surface area contributed by atoms with Crippen LogP contribution in [0.1, 0.15) is 15.9 Å². The second-order valence-electron chi connectivity index (χ2n) is 6.16. The van der Waals surface area contributed by atoms with Gasteiger partial charge in [-0.25, -0.2) is 4.98 Å². The van der Waals surface area contributed by atoms with Crippen LogP contribution in [-0.2, 0) is 0 Å². The zero-order valence-electron chi connectivity index (χ0n) is 14.6. The number of hydrogen-bond donors (Lipinski definition) is 0. The molecule has 128 valence electrons. The molecule has 1 heterocycles. The Hall–Kier alpha value is -3.40. The molecular weight excluding hydrogens is 324 g/mol. The van der Waals surface area contributed by atoms with Gasteiger partial charge >= 0.3 is 0 Å². The second-order valence-corrected chi connectivity index (χ2v) is 6.16. The van der Waals surface area contributed by atoms with Gasteiger partial charge in [-0.05, 0) is 61.0 Å². The van der Waals surface area contributed by atoms with Crippen LogP contribution in [-0.4, -0.2) is 22.6 Å². The molecule has 0 aliphatic heterocycles. The van der Waals surface area contributed by atoms with Crippen LogP contribution in [0.15, 0.2) is 72.8 Å². The maximum absolute atomic E-state index is 13.2. The van der Waals surface area contributed by atoms with E-state index in [2.05, 4.69) is 0 Å². The zero-order chi connectivity index (χ0) is 18.1. The molecule has 0 unspecified atom stereocenters. The smallest absolute Gasteiger partial charge is 0.264 e. The van der Waals surface area contributed by atoms with Crippen molar-refractivity contribution >= 4 is 16.9 Å². The van der Waals surface area contributed by atoms with Crippen LogP contribution in [0.3, 0.4) is 0 Å². The van der Waals surface area contributed by atoms with Gasteiger partial charge in [-0.15, -0.1) is 0 Å². The van der Waals surface area contributed by atoms with E-state index in [1.54, 1.807) is 11.7 Å². The molecule has 0 aliphatic carbocycles. The number of ether oxygens (including phenoxy) is 1. The number of carbonyl (C=O) groups excluding carboxylic acids is 1. The third kappa shape index (κ3) is 2.75. The summed E-state index contributed by atoms with van der Waals surface area (Å²) in [5.41, 5.74) is 4.18. The quantitative estimate of drug-likeness (QED) is 0.542. The van der Waals surface area contributed by atoms with Crippen LogP contribution in [0.2, 0.25) is 0 Å². The van der Waals surface area contributed by atoms with Crippen molar-refractivity contribution in [3.63, 3.8) is 0 Å². The minimum atomic E-state index is -0.0930. The summed E-state index contributed by atoms with van der Waals surface area (Å²) in [5, 5.41) is 0. The monoisotopic (exact) mass is 342 g/mol. The van der Waals surface area contributed by atoms with Gasteiger partial charge in [-0.2, -0.15) is 0 Å². The third-order valence-corrected chi connectivity index (χ3v) is 4.38. The Morgan fingerprint density at radius 1 is 0.962 bits per heavy atom. The number of methoxy groups -OCH3 is 1. The summed E-state index contributed by atoms with van der Waals surface area (Å²) >= 11 is 0. The lowest BCUT2D eigenvalue weighted by atomic mass is 10.1. The summed E-state index contributed by atoms with van der Waals surface area (Å²) in [5.74, 6) is 1.30. The number of nitrogens with zero attached hydrogens (tertiary/aromatic N) is 2. The molecule has 0 saturated heterocycles. The molecule has 0 aliphatic rings. The number of aryl methyl sites for hydroxylation is 1. The molecule has 0 radical (unpaired) electrons. The highest BCUT2D eigenvalue weighted by molar-refractivity contribution is 6.04. The number of benzene rings is 3. The number of carbonyl (C=O) groups is 1. The molecule has 26 heavy (non-hydrogen) atoms. The van der Waals surface area contributed by atoms with Crippen molar-refractivity contribution in [1.82, 2.24) is 9.55 Å². The minimum absolute atomic E-state index is 0.0930. The minimum Gasteiger partial charge on any atom is -0.497 e. The SMILES string of the molecule is COc1ccc(-c2nc3ccc(C)cc3n2C(=O)c2ccccc2)cc1. The Morgan fingerprint density at radius 3 is 2.38 bits per heavy atom. The number of rotatable bonds is 3. The van der Waals surface area contributed by atoms with Crippen LogP contribution in [0, 0.1) is 6.92 Å². The third-order valence-electron chi connectivity index (χ3n) is 4.38. The van der Waals surface area contributed by atoms with E-state index in [9.17, 15) is 4.79 Å². The fourth-order valence-corrected chi connectivity index (χ4v) is 3.03. The molecule has 1 aromatic heterocycles. The van der Waals surface area contributed by atoms with Gasteiger partial charge in [0.25, 0.3) is 5.91 Å². The van der Waals surface area contributed by atoms with Crippen LogP contribution in [0.4, 0.5) is 0 Å². The average molecular weight is 342 g/mol. The van der Waals surface area contributed by atoms with E-state index in [1.807, 2.05) is 79.7 Å². The van der Waals surface area contributed by atoms with Gasteiger partial charge in [0, 0.05) is 11.1 Å². The van der Waals surface area contributed by atoms with Crippen LogP contribution in [0.5, 0.6) is 5.75 Å². The van der Waals surface area contributed by atoms with Crippen LogP contribution >= 0.6 is 0 Å². The number of imidazole rings is 1. The molecule has 0 spiro atoms. The highest BCUT2D eigenvalue weighted by Crippen LogP contribution is 2.28. The van der Waals surface area contributed by atoms with Gasteiger partial charge in [-0.3, -0.25) is 9.36 Å². The van der Waals surface area contributed by atoms with Crippen molar-refractivity contribution in [2.45, 2.75) is 6.92 Å². The van der Waals surface area contributed by atoms with E-state index in [0.29, 0.717) is 11.4 Å². The lowest BCUT2D eigenvalue weighted by molar-refractivity contribution is 0.0966. The molecule has 4 aromatic rings. The normalized spacial score (nSPS) is 10.8. The molecule has 4 nitrogen and oxygen atoms in total. The first-order chi connectivity index (χ1) is 12.7. The average Bonchev–Trinajstić information content (AvgIpc) is 3.06. The molecule has 0 saturated carbocycles. The van der Waals surface area contributed by atoms with Gasteiger partial charge in [-0.1, -0.05) is 24.3 Å². The van der Waals surface area contributed by atoms with Gasteiger partial charge in [0.15, 0.2) is 0 Å². The highest BCUT2D eigenvalue weighted by atomic mass is 16.5. The van der Waals surface area contributed by atoms with Crippen molar-refractivity contribution in [3.05, 3.63) is 83.9 Å². The van der Waals surface area contributed by atoms with Gasteiger partial charge in [0.1, 0.15) is 11.6 Å². The van der Waals surface area contributed by atoms with Crippen LogP contribution < -0.4 is 4.74 Å². The Balaban J connectivity index is 1.95. The van der Waals surface area contributed by atoms with E-state index in [-0.39, 0.29) is 5.91 Å². The second kappa shape index (κ2) is 6.48. The Kier molecular flexibility index (Phi) is 4.01. The van der Waals surface area contributed by atoms with Crippen molar-refractivity contribution in [1.29, 1.82) is 0 Å². The van der Waals surface area contributed by atoms with E-state index < -0.39 is 0 Å².